The standard InChI is InChI=1S/C12H18N4O.ClH/c1-15-7-10(6-14-15)12(17)16-5-3-11-9(8-16)2-4-13-11;/h6-7,9,11,13H,2-5,8H2,1H3;1H. The SMILES string of the molecule is Cl.Cn1cc(C(=O)N2CCC3NCCC3C2)cn1. The zero-order valence-electron chi connectivity index (χ0n) is 10.5. The van der Waals surface area contributed by atoms with E-state index in [1.54, 1.807) is 17.1 Å². The number of halogens is 1. The number of hydrogen-bond acceptors (Lipinski definition) is 3. The summed E-state index contributed by atoms with van der Waals surface area (Å²) >= 11 is 0. The Hall–Kier alpha value is -1.07. The van der Waals surface area contributed by atoms with E-state index in [9.17, 15) is 4.79 Å². The fraction of sp³-hybridized carbons (Fsp3) is 0.667. The minimum Gasteiger partial charge on any atom is -0.338 e. The van der Waals surface area contributed by atoms with Crippen molar-refractivity contribution in [2.24, 2.45) is 13.0 Å². The molecule has 2 fully saturated rings. The summed E-state index contributed by atoms with van der Waals surface area (Å²) in [5.74, 6) is 0.771. The van der Waals surface area contributed by atoms with E-state index in [4.69, 9.17) is 0 Å². The summed E-state index contributed by atoms with van der Waals surface area (Å²) < 4.78 is 1.68. The summed E-state index contributed by atoms with van der Waals surface area (Å²) in [6.07, 6.45) is 5.72. The summed E-state index contributed by atoms with van der Waals surface area (Å²) in [7, 11) is 1.84. The lowest BCUT2D eigenvalue weighted by Gasteiger charge is -2.34. The van der Waals surface area contributed by atoms with Crippen LogP contribution in [-0.2, 0) is 7.05 Å². The van der Waals surface area contributed by atoms with Crippen molar-refractivity contribution in [1.82, 2.24) is 20.0 Å². The molecular formula is C12H19ClN4O. The number of carbonyl (C=O) groups is 1. The summed E-state index contributed by atoms with van der Waals surface area (Å²) in [5.41, 5.74) is 0.705. The Morgan fingerprint density at radius 1 is 1.50 bits per heavy atom. The molecule has 2 unspecified atom stereocenters. The molecule has 1 aromatic heterocycles. The van der Waals surface area contributed by atoms with Crippen molar-refractivity contribution in [2.75, 3.05) is 19.6 Å². The van der Waals surface area contributed by atoms with E-state index in [1.165, 1.54) is 6.42 Å². The smallest absolute Gasteiger partial charge is 0.257 e. The number of nitrogens with zero attached hydrogens (tertiary/aromatic N) is 3. The van der Waals surface area contributed by atoms with Crippen molar-refractivity contribution in [3.05, 3.63) is 18.0 Å². The molecular weight excluding hydrogens is 252 g/mol. The highest BCUT2D eigenvalue weighted by Crippen LogP contribution is 2.25. The van der Waals surface area contributed by atoms with E-state index >= 15 is 0 Å². The molecule has 0 radical (unpaired) electrons. The van der Waals surface area contributed by atoms with Crippen LogP contribution in [0.3, 0.4) is 0 Å². The minimum atomic E-state index is 0. The molecule has 0 spiro atoms. The quantitative estimate of drug-likeness (QED) is 0.816. The lowest BCUT2D eigenvalue weighted by atomic mass is 9.93. The molecule has 2 aliphatic rings. The van der Waals surface area contributed by atoms with Gasteiger partial charge in [-0.05, 0) is 25.3 Å². The van der Waals surface area contributed by atoms with Crippen molar-refractivity contribution in [3.63, 3.8) is 0 Å². The molecule has 3 rings (SSSR count). The molecule has 2 saturated heterocycles. The zero-order chi connectivity index (χ0) is 11.8. The van der Waals surface area contributed by atoms with E-state index < -0.39 is 0 Å². The molecule has 0 saturated carbocycles. The van der Waals surface area contributed by atoms with Gasteiger partial charge in [-0.2, -0.15) is 5.10 Å². The van der Waals surface area contributed by atoms with Crippen molar-refractivity contribution in [2.45, 2.75) is 18.9 Å². The average molecular weight is 271 g/mol. The fourth-order valence-electron chi connectivity index (χ4n) is 2.95. The van der Waals surface area contributed by atoms with Gasteiger partial charge in [-0.1, -0.05) is 0 Å². The predicted octanol–water partition coefficient (Wildman–Crippen LogP) is 0.666. The molecule has 100 valence electrons. The fourth-order valence-corrected chi connectivity index (χ4v) is 2.95. The van der Waals surface area contributed by atoms with Crippen LogP contribution in [0.4, 0.5) is 0 Å². The second-order valence-electron chi connectivity index (χ2n) is 5.05. The molecule has 0 aliphatic carbocycles. The van der Waals surface area contributed by atoms with Gasteiger partial charge in [0.05, 0.1) is 11.8 Å². The normalized spacial score (nSPS) is 26.6. The molecule has 18 heavy (non-hydrogen) atoms. The first-order valence-electron chi connectivity index (χ1n) is 6.25. The van der Waals surface area contributed by atoms with Crippen LogP contribution >= 0.6 is 12.4 Å². The number of carbonyl (C=O) groups excluding carboxylic acids is 1. The van der Waals surface area contributed by atoms with Gasteiger partial charge < -0.3 is 10.2 Å². The Morgan fingerprint density at radius 3 is 3.06 bits per heavy atom. The third-order valence-electron chi connectivity index (χ3n) is 3.89. The molecule has 1 aromatic rings. The third kappa shape index (κ3) is 2.37. The van der Waals surface area contributed by atoms with Gasteiger partial charge in [-0.15, -0.1) is 12.4 Å². The second-order valence-corrected chi connectivity index (χ2v) is 5.05. The summed E-state index contributed by atoms with van der Waals surface area (Å²) in [4.78, 5) is 14.2. The first-order valence-corrected chi connectivity index (χ1v) is 6.25. The maximum Gasteiger partial charge on any atom is 0.257 e. The third-order valence-corrected chi connectivity index (χ3v) is 3.89. The number of aryl methyl sites for hydroxylation is 1. The Labute approximate surface area is 113 Å². The van der Waals surface area contributed by atoms with E-state index in [-0.39, 0.29) is 18.3 Å². The molecule has 6 heteroatoms. The van der Waals surface area contributed by atoms with E-state index in [0.29, 0.717) is 17.5 Å². The average Bonchev–Trinajstić information content (AvgIpc) is 2.95. The van der Waals surface area contributed by atoms with Gasteiger partial charge in [0, 0.05) is 32.4 Å². The zero-order valence-corrected chi connectivity index (χ0v) is 11.3. The number of aromatic nitrogens is 2. The Balaban J connectivity index is 0.00000120. The van der Waals surface area contributed by atoms with Crippen LogP contribution in [0.1, 0.15) is 23.2 Å². The number of amides is 1. The lowest BCUT2D eigenvalue weighted by Crippen LogP contribution is -2.46. The lowest BCUT2D eigenvalue weighted by molar-refractivity contribution is 0.0662. The number of likely N-dealkylation sites (tertiary alicyclic amines) is 1. The Kier molecular flexibility index (Phi) is 3.92. The molecule has 1 amide bonds. The molecule has 0 aromatic carbocycles. The maximum atomic E-state index is 12.3. The molecule has 2 aliphatic heterocycles. The summed E-state index contributed by atoms with van der Waals surface area (Å²) in [6.45, 7) is 2.86. The van der Waals surface area contributed by atoms with Crippen molar-refractivity contribution in [1.29, 1.82) is 0 Å². The molecule has 1 N–H and O–H groups in total. The van der Waals surface area contributed by atoms with E-state index in [0.717, 1.165) is 26.1 Å². The van der Waals surface area contributed by atoms with Crippen LogP contribution in [0.15, 0.2) is 12.4 Å². The van der Waals surface area contributed by atoms with Crippen LogP contribution < -0.4 is 5.32 Å². The highest BCUT2D eigenvalue weighted by molar-refractivity contribution is 5.93. The summed E-state index contributed by atoms with van der Waals surface area (Å²) in [5, 5.41) is 7.56. The van der Waals surface area contributed by atoms with Crippen LogP contribution in [-0.4, -0.2) is 46.3 Å². The van der Waals surface area contributed by atoms with Gasteiger partial charge in [-0.3, -0.25) is 9.48 Å². The topological polar surface area (TPSA) is 50.2 Å². The number of piperidine rings is 1. The van der Waals surface area contributed by atoms with Gasteiger partial charge in [0.1, 0.15) is 0 Å². The summed E-state index contributed by atoms with van der Waals surface area (Å²) in [6, 6.07) is 0.632. The minimum absolute atomic E-state index is 0. The van der Waals surface area contributed by atoms with Crippen LogP contribution in [0.2, 0.25) is 0 Å². The number of nitrogens with one attached hydrogen (secondary N) is 1. The Bertz CT molecular complexity index is 433. The Morgan fingerprint density at radius 2 is 2.33 bits per heavy atom. The molecule has 5 nitrogen and oxygen atoms in total. The van der Waals surface area contributed by atoms with Crippen molar-refractivity contribution >= 4 is 18.3 Å². The van der Waals surface area contributed by atoms with Gasteiger partial charge in [0.25, 0.3) is 5.91 Å². The first-order chi connectivity index (χ1) is 8.24. The van der Waals surface area contributed by atoms with Crippen LogP contribution in [0, 0.1) is 5.92 Å². The number of rotatable bonds is 1. The van der Waals surface area contributed by atoms with E-state index in [1.807, 2.05) is 11.9 Å². The van der Waals surface area contributed by atoms with Gasteiger partial charge in [-0.25, -0.2) is 0 Å². The molecule has 0 bridgehead atoms. The van der Waals surface area contributed by atoms with Gasteiger partial charge in [0.2, 0.25) is 0 Å². The molecule has 2 atom stereocenters. The maximum absolute atomic E-state index is 12.3. The monoisotopic (exact) mass is 270 g/mol. The van der Waals surface area contributed by atoms with Gasteiger partial charge >= 0.3 is 0 Å². The predicted molar refractivity (Wildman–Crippen MR) is 70.9 cm³/mol. The van der Waals surface area contributed by atoms with Crippen molar-refractivity contribution in [3.8, 4) is 0 Å². The van der Waals surface area contributed by atoms with Gasteiger partial charge in [0.15, 0.2) is 0 Å². The second kappa shape index (κ2) is 5.28. The van der Waals surface area contributed by atoms with E-state index in [2.05, 4.69) is 10.4 Å². The number of hydrogen-bond donors (Lipinski definition) is 1. The highest BCUT2D eigenvalue weighted by atomic mass is 35.5. The first kappa shape index (κ1) is 13.4. The van der Waals surface area contributed by atoms with Crippen LogP contribution in [0.5, 0.6) is 0 Å². The molecule has 3 heterocycles. The van der Waals surface area contributed by atoms with Crippen molar-refractivity contribution < 1.29 is 4.79 Å². The van der Waals surface area contributed by atoms with Crippen LogP contribution in [0.25, 0.3) is 0 Å². The number of fused-ring (bicyclic) bond motifs is 1. The largest absolute Gasteiger partial charge is 0.338 e. The highest BCUT2D eigenvalue weighted by Gasteiger charge is 2.34.